The molecular formula is C18H22BrNO. The highest BCUT2D eigenvalue weighted by atomic mass is 79.9. The van der Waals surface area contributed by atoms with Gasteiger partial charge in [-0.1, -0.05) is 48.8 Å². The molecular weight excluding hydrogens is 326 g/mol. The molecule has 2 N–H and O–H groups in total. The van der Waals surface area contributed by atoms with E-state index in [0.29, 0.717) is 0 Å². The molecule has 21 heavy (non-hydrogen) atoms. The van der Waals surface area contributed by atoms with Crippen LogP contribution in [0.1, 0.15) is 44.9 Å². The number of nitrogens with two attached hydrogens (primary N) is 1. The van der Waals surface area contributed by atoms with E-state index in [-0.39, 0.29) is 11.5 Å². The summed E-state index contributed by atoms with van der Waals surface area (Å²) >= 11 is 3.47. The van der Waals surface area contributed by atoms with Crippen LogP contribution in [0.25, 0.3) is 0 Å². The predicted molar refractivity (Wildman–Crippen MR) is 92.0 cm³/mol. The Morgan fingerprint density at radius 2 is 1.67 bits per heavy atom. The maximum absolute atomic E-state index is 6.02. The molecule has 0 saturated heterocycles. The molecule has 0 bridgehead atoms. The third kappa shape index (κ3) is 4.08. The van der Waals surface area contributed by atoms with E-state index in [1.807, 2.05) is 37.3 Å². The van der Waals surface area contributed by atoms with Crippen LogP contribution in [0.5, 0.6) is 11.5 Å². The molecule has 2 nitrogen and oxygen atoms in total. The Bertz CT molecular complexity index is 612. The Balaban J connectivity index is 2.26. The summed E-state index contributed by atoms with van der Waals surface area (Å²) in [7, 11) is 0. The first-order valence-corrected chi connectivity index (χ1v) is 7.90. The van der Waals surface area contributed by atoms with E-state index in [9.17, 15) is 0 Å². The van der Waals surface area contributed by atoms with Crippen LogP contribution in [-0.4, -0.2) is 0 Å². The third-order valence-corrected chi connectivity index (χ3v) is 3.90. The standard InChI is InChI=1S/C18H22BrNO/c1-12(20)16-11-14(19)7-10-17(16)21-15-8-5-13(6-9-15)18(2,3)4/h5-12H,20H2,1-4H3. The van der Waals surface area contributed by atoms with E-state index >= 15 is 0 Å². The van der Waals surface area contributed by atoms with E-state index in [1.165, 1.54) is 5.56 Å². The minimum atomic E-state index is -0.0775. The lowest BCUT2D eigenvalue weighted by Gasteiger charge is -2.19. The lowest BCUT2D eigenvalue weighted by atomic mass is 9.87. The molecule has 0 radical (unpaired) electrons. The van der Waals surface area contributed by atoms with Gasteiger partial charge in [0.05, 0.1) is 0 Å². The molecule has 0 aliphatic rings. The molecule has 0 saturated carbocycles. The van der Waals surface area contributed by atoms with Crippen LogP contribution in [-0.2, 0) is 5.41 Å². The smallest absolute Gasteiger partial charge is 0.132 e. The normalized spacial score (nSPS) is 13.0. The SMILES string of the molecule is CC(N)c1cc(Br)ccc1Oc1ccc(C(C)(C)C)cc1. The van der Waals surface area contributed by atoms with Gasteiger partial charge in [-0.25, -0.2) is 0 Å². The van der Waals surface area contributed by atoms with Crippen LogP contribution in [0.3, 0.4) is 0 Å². The quantitative estimate of drug-likeness (QED) is 0.788. The molecule has 0 spiro atoms. The van der Waals surface area contributed by atoms with Crippen LogP contribution in [0.15, 0.2) is 46.9 Å². The van der Waals surface area contributed by atoms with Gasteiger partial charge in [-0.15, -0.1) is 0 Å². The van der Waals surface area contributed by atoms with Gasteiger partial charge in [0.1, 0.15) is 11.5 Å². The second kappa shape index (κ2) is 6.20. The number of ether oxygens (including phenoxy) is 1. The van der Waals surface area contributed by atoms with Gasteiger partial charge in [0.2, 0.25) is 0 Å². The lowest BCUT2D eigenvalue weighted by Crippen LogP contribution is -2.10. The number of hydrogen-bond donors (Lipinski definition) is 1. The zero-order valence-corrected chi connectivity index (χ0v) is 14.6. The molecule has 0 aliphatic heterocycles. The van der Waals surface area contributed by atoms with Crippen LogP contribution in [0, 0.1) is 0 Å². The minimum absolute atomic E-state index is 0.0775. The van der Waals surface area contributed by atoms with E-state index in [1.54, 1.807) is 0 Å². The molecule has 2 aromatic rings. The Hall–Kier alpha value is -1.32. The minimum Gasteiger partial charge on any atom is -0.457 e. The number of benzene rings is 2. The topological polar surface area (TPSA) is 35.2 Å². The molecule has 1 atom stereocenters. The fourth-order valence-corrected chi connectivity index (χ4v) is 2.50. The molecule has 0 heterocycles. The van der Waals surface area contributed by atoms with Crippen LogP contribution < -0.4 is 10.5 Å². The van der Waals surface area contributed by atoms with Gasteiger partial charge in [-0.2, -0.15) is 0 Å². The van der Waals surface area contributed by atoms with Crippen molar-refractivity contribution in [2.45, 2.75) is 39.2 Å². The monoisotopic (exact) mass is 347 g/mol. The first-order chi connectivity index (χ1) is 9.77. The summed E-state index contributed by atoms with van der Waals surface area (Å²) in [6, 6.07) is 14.1. The van der Waals surface area contributed by atoms with Crippen LogP contribution in [0.4, 0.5) is 0 Å². The van der Waals surface area contributed by atoms with Crippen molar-refractivity contribution in [1.82, 2.24) is 0 Å². The van der Waals surface area contributed by atoms with Crippen LogP contribution >= 0.6 is 15.9 Å². The molecule has 2 rings (SSSR count). The zero-order chi connectivity index (χ0) is 15.6. The molecule has 3 heteroatoms. The van der Waals surface area contributed by atoms with Crippen molar-refractivity contribution in [2.24, 2.45) is 5.73 Å². The van der Waals surface area contributed by atoms with Crippen molar-refractivity contribution in [2.75, 3.05) is 0 Å². The van der Waals surface area contributed by atoms with E-state index in [0.717, 1.165) is 21.5 Å². The summed E-state index contributed by atoms with van der Waals surface area (Å²) in [5.74, 6) is 1.63. The number of halogens is 1. The van der Waals surface area contributed by atoms with E-state index in [4.69, 9.17) is 10.5 Å². The first-order valence-electron chi connectivity index (χ1n) is 7.11. The predicted octanol–water partition coefficient (Wildman–Crippen LogP) is 5.56. The summed E-state index contributed by atoms with van der Waals surface area (Å²) in [5.41, 5.74) is 8.44. The largest absolute Gasteiger partial charge is 0.457 e. The van der Waals surface area contributed by atoms with Gasteiger partial charge in [-0.05, 0) is 48.2 Å². The van der Waals surface area contributed by atoms with Crippen molar-refractivity contribution >= 4 is 15.9 Å². The summed E-state index contributed by atoms with van der Waals surface area (Å²) < 4.78 is 7.00. The van der Waals surface area contributed by atoms with E-state index < -0.39 is 0 Å². The summed E-state index contributed by atoms with van der Waals surface area (Å²) in [6.07, 6.45) is 0. The van der Waals surface area contributed by atoms with Gasteiger partial charge in [0.15, 0.2) is 0 Å². The highest BCUT2D eigenvalue weighted by Gasteiger charge is 2.14. The van der Waals surface area contributed by atoms with Gasteiger partial charge in [0, 0.05) is 16.1 Å². The second-order valence-electron chi connectivity index (χ2n) is 6.35. The second-order valence-corrected chi connectivity index (χ2v) is 7.26. The van der Waals surface area contributed by atoms with Crippen molar-refractivity contribution in [3.05, 3.63) is 58.1 Å². The highest BCUT2D eigenvalue weighted by molar-refractivity contribution is 9.10. The maximum Gasteiger partial charge on any atom is 0.132 e. The van der Waals surface area contributed by atoms with Crippen molar-refractivity contribution in [3.8, 4) is 11.5 Å². The first kappa shape index (κ1) is 16.1. The Morgan fingerprint density at radius 3 is 2.19 bits per heavy atom. The van der Waals surface area contributed by atoms with E-state index in [2.05, 4.69) is 48.8 Å². The fourth-order valence-electron chi connectivity index (χ4n) is 2.12. The summed E-state index contributed by atoms with van der Waals surface area (Å²) in [4.78, 5) is 0. The molecule has 0 aromatic heterocycles. The van der Waals surface area contributed by atoms with Gasteiger partial charge < -0.3 is 10.5 Å². The molecule has 0 amide bonds. The van der Waals surface area contributed by atoms with Crippen molar-refractivity contribution in [3.63, 3.8) is 0 Å². The molecule has 0 aliphatic carbocycles. The summed E-state index contributed by atoms with van der Waals surface area (Å²) in [6.45, 7) is 8.56. The Kier molecular flexibility index (Phi) is 4.74. The Labute approximate surface area is 135 Å². The third-order valence-electron chi connectivity index (χ3n) is 3.41. The Morgan fingerprint density at radius 1 is 1.05 bits per heavy atom. The molecule has 0 fully saturated rings. The lowest BCUT2D eigenvalue weighted by molar-refractivity contribution is 0.471. The van der Waals surface area contributed by atoms with Crippen LogP contribution in [0.2, 0.25) is 0 Å². The fraction of sp³-hybridized carbons (Fsp3) is 0.333. The van der Waals surface area contributed by atoms with Gasteiger partial charge in [0.25, 0.3) is 0 Å². The average molecular weight is 348 g/mol. The maximum atomic E-state index is 6.02. The average Bonchev–Trinajstić information content (AvgIpc) is 2.40. The zero-order valence-electron chi connectivity index (χ0n) is 13.0. The number of hydrogen-bond acceptors (Lipinski definition) is 2. The molecule has 112 valence electrons. The van der Waals surface area contributed by atoms with Gasteiger partial charge >= 0.3 is 0 Å². The molecule has 2 aromatic carbocycles. The van der Waals surface area contributed by atoms with Crippen molar-refractivity contribution < 1.29 is 4.74 Å². The number of rotatable bonds is 3. The highest BCUT2D eigenvalue weighted by Crippen LogP contribution is 2.32. The molecule has 1 unspecified atom stereocenters. The van der Waals surface area contributed by atoms with Crippen molar-refractivity contribution in [1.29, 1.82) is 0 Å². The summed E-state index contributed by atoms with van der Waals surface area (Å²) in [5, 5.41) is 0. The van der Waals surface area contributed by atoms with Gasteiger partial charge in [-0.3, -0.25) is 0 Å².